The van der Waals surface area contributed by atoms with Crippen LogP contribution in [0.25, 0.3) is 11.2 Å². The molecule has 1 aliphatic heterocycles. The zero-order valence-corrected chi connectivity index (χ0v) is 16.6. The van der Waals surface area contributed by atoms with E-state index in [1.807, 2.05) is 0 Å². The van der Waals surface area contributed by atoms with Crippen molar-refractivity contribution in [1.82, 2.24) is 24.8 Å². The third-order valence-electron chi connectivity index (χ3n) is 5.22. The standard InChI is InChI=1S/C18H23N7O3S/c19-29(27,28)14-5-4-12(8-25-6-2-1-3-13(25)9-26)15(7-14)24-18-16-17(21-10-20-16)22-11-23-18/h4-5,7,10-11,13,26H,1-3,6,8-9H2,(H2,19,27,28)(H2,20,21,22,23,24). The van der Waals surface area contributed by atoms with Crippen LogP contribution < -0.4 is 10.5 Å². The molecule has 1 unspecified atom stereocenters. The summed E-state index contributed by atoms with van der Waals surface area (Å²) in [5.41, 5.74) is 2.58. The molecule has 0 amide bonds. The number of primary sulfonamides is 1. The van der Waals surface area contributed by atoms with E-state index in [0.29, 0.717) is 29.2 Å². The molecule has 0 aliphatic carbocycles. The molecule has 1 saturated heterocycles. The van der Waals surface area contributed by atoms with E-state index in [4.69, 9.17) is 5.14 Å². The third kappa shape index (κ3) is 4.22. The summed E-state index contributed by atoms with van der Waals surface area (Å²) in [6.45, 7) is 1.54. The molecule has 3 heterocycles. The van der Waals surface area contributed by atoms with Gasteiger partial charge >= 0.3 is 0 Å². The highest BCUT2D eigenvalue weighted by Gasteiger charge is 2.23. The molecule has 0 saturated carbocycles. The van der Waals surface area contributed by atoms with Gasteiger partial charge in [-0.1, -0.05) is 12.5 Å². The fourth-order valence-electron chi connectivity index (χ4n) is 3.67. The Balaban J connectivity index is 1.72. The number of imidazole rings is 1. The van der Waals surface area contributed by atoms with Gasteiger partial charge in [0.15, 0.2) is 11.5 Å². The molecule has 154 valence electrons. The molecule has 29 heavy (non-hydrogen) atoms. The van der Waals surface area contributed by atoms with E-state index in [2.05, 4.69) is 30.2 Å². The molecule has 0 spiro atoms. The molecule has 3 aromatic rings. The van der Waals surface area contributed by atoms with Gasteiger partial charge in [-0.05, 0) is 37.1 Å². The predicted octanol–water partition coefficient (Wildman–Crippen LogP) is 1.09. The highest BCUT2D eigenvalue weighted by atomic mass is 32.2. The number of aromatic nitrogens is 4. The second-order valence-corrected chi connectivity index (χ2v) is 8.68. The monoisotopic (exact) mass is 417 g/mol. The van der Waals surface area contributed by atoms with E-state index in [1.165, 1.54) is 24.8 Å². The fraction of sp³-hybridized carbons (Fsp3) is 0.389. The molecule has 5 N–H and O–H groups in total. The molecule has 0 radical (unpaired) electrons. The van der Waals surface area contributed by atoms with Gasteiger partial charge in [-0.2, -0.15) is 0 Å². The number of aliphatic hydroxyl groups excluding tert-OH is 1. The zero-order valence-electron chi connectivity index (χ0n) is 15.7. The van der Waals surface area contributed by atoms with Gasteiger partial charge in [-0.3, -0.25) is 4.90 Å². The van der Waals surface area contributed by atoms with E-state index in [1.54, 1.807) is 6.07 Å². The van der Waals surface area contributed by atoms with E-state index in [9.17, 15) is 13.5 Å². The summed E-state index contributed by atoms with van der Waals surface area (Å²) in [6.07, 6.45) is 6.01. The van der Waals surface area contributed by atoms with Crippen LogP contribution in [0.2, 0.25) is 0 Å². The van der Waals surface area contributed by atoms with Crippen LogP contribution in [0.15, 0.2) is 35.7 Å². The second-order valence-electron chi connectivity index (χ2n) is 7.12. The minimum absolute atomic E-state index is 0.0102. The molecule has 1 fully saturated rings. The topological polar surface area (TPSA) is 150 Å². The molecule has 1 aliphatic rings. The fourth-order valence-corrected chi connectivity index (χ4v) is 4.21. The lowest BCUT2D eigenvalue weighted by Crippen LogP contribution is -2.41. The Hall–Kier alpha value is -2.60. The van der Waals surface area contributed by atoms with Crippen LogP contribution in [0.4, 0.5) is 11.5 Å². The smallest absolute Gasteiger partial charge is 0.238 e. The number of aliphatic hydroxyl groups is 1. The van der Waals surface area contributed by atoms with Gasteiger partial charge in [0.25, 0.3) is 0 Å². The van der Waals surface area contributed by atoms with E-state index in [-0.39, 0.29) is 17.5 Å². The number of anilines is 2. The molecular formula is C18H23N7O3S. The Morgan fingerprint density at radius 2 is 2.14 bits per heavy atom. The number of hydrogen-bond acceptors (Lipinski definition) is 8. The van der Waals surface area contributed by atoms with Gasteiger partial charge in [-0.25, -0.2) is 28.5 Å². The summed E-state index contributed by atoms with van der Waals surface area (Å²) in [5, 5.41) is 18.2. The largest absolute Gasteiger partial charge is 0.395 e. The Kier molecular flexibility index (Phi) is 5.46. The first-order chi connectivity index (χ1) is 14.0. The molecule has 4 rings (SSSR count). The normalized spacial score (nSPS) is 18.2. The number of H-pyrrole nitrogens is 1. The number of likely N-dealkylation sites (tertiary alicyclic amines) is 1. The number of piperidine rings is 1. The summed E-state index contributed by atoms with van der Waals surface area (Å²) in [6, 6.07) is 4.84. The second kappa shape index (κ2) is 8.03. The van der Waals surface area contributed by atoms with Crippen LogP contribution in [0, 0.1) is 0 Å². The van der Waals surface area contributed by atoms with Crippen molar-refractivity contribution in [2.24, 2.45) is 5.14 Å². The first kappa shape index (κ1) is 19.7. The van der Waals surface area contributed by atoms with Gasteiger partial charge in [0.1, 0.15) is 11.8 Å². The predicted molar refractivity (Wildman–Crippen MR) is 108 cm³/mol. The number of nitrogens with one attached hydrogen (secondary N) is 2. The Morgan fingerprint density at radius 3 is 2.93 bits per heavy atom. The number of benzene rings is 1. The molecule has 1 aromatic carbocycles. The lowest BCUT2D eigenvalue weighted by atomic mass is 10.0. The summed E-state index contributed by atoms with van der Waals surface area (Å²) in [5.74, 6) is 0.484. The number of nitrogens with two attached hydrogens (primary N) is 1. The molecule has 2 aromatic heterocycles. The average molecular weight is 417 g/mol. The minimum atomic E-state index is -3.86. The van der Waals surface area contributed by atoms with Crippen molar-refractivity contribution in [2.75, 3.05) is 18.5 Å². The van der Waals surface area contributed by atoms with E-state index < -0.39 is 10.0 Å². The maximum atomic E-state index is 11.9. The van der Waals surface area contributed by atoms with Crippen molar-refractivity contribution in [3.05, 3.63) is 36.4 Å². The molecule has 1 atom stereocenters. The van der Waals surface area contributed by atoms with Crippen molar-refractivity contribution in [3.8, 4) is 0 Å². The van der Waals surface area contributed by atoms with Crippen molar-refractivity contribution in [1.29, 1.82) is 0 Å². The van der Waals surface area contributed by atoms with Crippen LogP contribution in [0.1, 0.15) is 24.8 Å². The van der Waals surface area contributed by atoms with Crippen molar-refractivity contribution >= 4 is 32.7 Å². The first-order valence-corrected chi connectivity index (χ1v) is 10.9. The SMILES string of the molecule is NS(=O)(=O)c1ccc(CN2CCCCC2CO)c(Nc2ncnc3nc[nH]c23)c1. The van der Waals surface area contributed by atoms with Crippen LogP contribution in [-0.4, -0.2) is 57.6 Å². The van der Waals surface area contributed by atoms with Crippen molar-refractivity contribution in [3.63, 3.8) is 0 Å². The summed E-state index contributed by atoms with van der Waals surface area (Å²) >= 11 is 0. The van der Waals surface area contributed by atoms with Crippen LogP contribution in [-0.2, 0) is 16.6 Å². The highest BCUT2D eigenvalue weighted by Crippen LogP contribution is 2.28. The Bertz CT molecular complexity index is 1120. The summed E-state index contributed by atoms with van der Waals surface area (Å²) in [4.78, 5) is 17.7. The number of aromatic amines is 1. The third-order valence-corrected chi connectivity index (χ3v) is 6.13. The highest BCUT2D eigenvalue weighted by molar-refractivity contribution is 7.89. The van der Waals surface area contributed by atoms with Crippen LogP contribution >= 0.6 is 0 Å². The minimum Gasteiger partial charge on any atom is -0.395 e. The number of fused-ring (bicyclic) bond motifs is 1. The molecular weight excluding hydrogens is 394 g/mol. The van der Waals surface area contributed by atoms with E-state index in [0.717, 1.165) is 31.4 Å². The number of rotatable bonds is 6. The quantitative estimate of drug-likeness (QED) is 0.465. The summed E-state index contributed by atoms with van der Waals surface area (Å²) in [7, 11) is -3.86. The maximum absolute atomic E-state index is 11.9. The first-order valence-electron chi connectivity index (χ1n) is 9.37. The zero-order chi connectivity index (χ0) is 20.4. The molecule has 10 nitrogen and oxygen atoms in total. The number of hydrogen-bond donors (Lipinski definition) is 4. The van der Waals surface area contributed by atoms with Gasteiger partial charge in [0, 0.05) is 18.3 Å². The lowest BCUT2D eigenvalue weighted by Gasteiger charge is -2.35. The van der Waals surface area contributed by atoms with Gasteiger partial charge in [0.2, 0.25) is 10.0 Å². The average Bonchev–Trinajstić information content (AvgIpc) is 3.19. The maximum Gasteiger partial charge on any atom is 0.238 e. The van der Waals surface area contributed by atoms with Crippen LogP contribution in [0.5, 0.6) is 0 Å². The molecule has 11 heteroatoms. The lowest BCUT2D eigenvalue weighted by molar-refractivity contribution is 0.0843. The van der Waals surface area contributed by atoms with E-state index >= 15 is 0 Å². The van der Waals surface area contributed by atoms with Gasteiger partial charge in [0.05, 0.1) is 17.8 Å². The Labute approximate surface area is 168 Å². The van der Waals surface area contributed by atoms with Gasteiger partial charge < -0.3 is 15.4 Å². The molecule has 0 bridgehead atoms. The van der Waals surface area contributed by atoms with Gasteiger partial charge in [-0.15, -0.1) is 0 Å². The Morgan fingerprint density at radius 1 is 1.28 bits per heavy atom. The van der Waals surface area contributed by atoms with Crippen LogP contribution in [0.3, 0.4) is 0 Å². The number of sulfonamides is 1. The van der Waals surface area contributed by atoms with Crippen molar-refractivity contribution in [2.45, 2.75) is 36.7 Å². The van der Waals surface area contributed by atoms with Crippen molar-refractivity contribution < 1.29 is 13.5 Å². The summed E-state index contributed by atoms with van der Waals surface area (Å²) < 4.78 is 23.7. The number of nitrogens with zero attached hydrogens (tertiary/aromatic N) is 4.